The van der Waals surface area contributed by atoms with Crippen molar-refractivity contribution in [3.63, 3.8) is 0 Å². The Bertz CT molecular complexity index is 403. The van der Waals surface area contributed by atoms with Crippen molar-refractivity contribution in [3.8, 4) is 6.07 Å². The molecule has 1 atom stereocenters. The number of amides is 1. The zero-order chi connectivity index (χ0) is 11.4. The molecule has 0 saturated heterocycles. The monoisotopic (exact) mass is 206 g/mol. The van der Waals surface area contributed by atoms with Gasteiger partial charge in [0.2, 0.25) is 0 Å². The van der Waals surface area contributed by atoms with Crippen LogP contribution in [0, 0.1) is 24.1 Å². The summed E-state index contributed by atoms with van der Waals surface area (Å²) in [5.74, 6) is -0.892. The molecule has 0 radical (unpaired) electrons. The molecule has 1 rings (SSSR count). The SMILES string of the molecule is Cc1cc(F)cc(C(=O)NC(C)C#N)c1. The highest BCUT2D eigenvalue weighted by molar-refractivity contribution is 5.94. The number of benzene rings is 1. The summed E-state index contributed by atoms with van der Waals surface area (Å²) in [6.07, 6.45) is 0. The zero-order valence-electron chi connectivity index (χ0n) is 8.54. The lowest BCUT2D eigenvalue weighted by atomic mass is 10.1. The number of aryl methyl sites for hydroxylation is 1. The second kappa shape index (κ2) is 4.56. The van der Waals surface area contributed by atoms with Crippen molar-refractivity contribution in [3.05, 3.63) is 35.1 Å². The molecule has 15 heavy (non-hydrogen) atoms. The Balaban J connectivity index is 2.88. The lowest BCUT2D eigenvalue weighted by Crippen LogP contribution is -2.31. The van der Waals surface area contributed by atoms with Gasteiger partial charge >= 0.3 is 0 Å². The number of nitrogens with zero attached hydrogens (tertiary/aromatic N) is 1. The van der Waals surface area contributed by atoms with E-state index in [-0.39, 0.29) is 5.56 Å². The van der Waals surface area contributed by atoms with Crippen LogP contribution in [0.1, 0.15) is 22.8 Å². The van der Waals surface area contributed by atoms with Gasteiger partial charge in [0.25, 0.3) is 5.91 Å². The number of nitrogens with one attached hydrogen (secondary N) is 1. The minimum absolute atomic E-state index is 0.231. The van der Waals surface area contributed by atoms with Crippen LogP contribution in [-0.2, 0) is 0 Å². The maximum Gasteiger partial charge on any atom is 0.252 e. The largest absolute Gasteiger partial charge is 0.337 e. The van der Waals surface area contributed by atoms with E-state index in [1.54, 1.807) is 19.9 Å². The normalized spacial score (nSPS) is 11.6. The average Bonchev–Trinajstić information content (AvgIpc) is 2.16. The maximum atomic E-state index is 13.0. The molecular formula is C11H11FN2O. The van der Waals surface area contributed by atoms with E-state index < -0.39 is 17.8 Å². The molecule has 1 unspecified atom stereocenters. The summed E-state index contributed by atoms with van der Waals surface area (Å²) in [5, 5.41) is 10.9. The Morgan fingerprint density at radius 2 is 2.20 bits per heavy atom. The molecule has 1 amide bonds. The van der Waals surface area contributed by atoms with Crippen LogP contribution in [0.2, 0.25) is 0 Å². The molecule has 0 aliphatic carbocycles. The van der Waals surface area contributed by atoms with Gasteiger partial charge in [0.1, 0.15) is 11.9 Å². The maximum absolute atomic E-state index is 13.0. The Kier molecular flexibility index (Phi) is 3.40. The van der Waals surface area contributed by atoms with Gasteiger partial charge in [-0.25, -0.2) is 4.39 Å². The molecule has 78 valence electrons. The molecule has 4 heteroatoms. The lowest BCUT2D eigenvalue weighted by Gasteiger charge is -2.07. The summed E-state index contributed by atoms with van der Waals surface area (Å²) in [6, 6.07) is 5.34. The summed E-state index contributed by atoms with van der Waals surface area (Å²) in [6.45, 7) is 3.26. The number of carbonyl (C=O) groups excluding carboxylic acids is 1. The van der Waals surface area contributed by atoms with Crippen LogP contribution in [0.5, 0.6) is 0 Å². The van der Waals surface area contributed by atoms with E-state index in [4.69, 9.17) is 5.26 Å². The van der Waals surface area contributed by atoms with Crippen molar-refractivity contribution in [2.24, 2.45) is 0 Å². The molecule has 1 aromatic carbocycles. The van der Waals surface area contributed by atoms with Crippen molar-refractivity contribution < 1.29 is 9.18 Å². The third-order valence-corrected chi connectivity index (χ3v) is 1.85. The molecular weight excluding hydrogens is 195 g/mol. The first kappa shape index (κ1) is 11.2. The third kappa shape index (κ3) is 3.06. The Morgan fingerprint density at radius 3 is 2.73 bits per heavy atom. The molecule has 0 bridgehead atoms. The fraction of sp³-hybridized carbons (Fsp3) is 0.273. The lowest BCUT2D eigenvalue weighted by molar-refractivity contribution is 0.0947. The van der Waals surface area contributed by atoms with Crippen LogP contribution in [-0.4, -0.2) is 11.9 Å². The van der Waals surface area contributed by atoms with Crippen molar-refractivity contribution in [1.82, 2.24) is 5.32 Å². The number of carbonyl (C=O) groups is 1. The van der Waals surface area contributed by atoms with Gasteiger partial charge in [-0.05, 0) is 37.6 Å². The highest BCUT2D eigenvalue weighted by Crippen LogP contribution is 2.08. The van der Waals surface area contributed by atoms with Crippen LogP contribution in [0.4, 0.5) is 4.39 Å². The second-order valence-electron chi connectivity index (χ2n) is 3.34. The minimum Gasteiger partial charge on any atom is -0.337 e. The Labute approximate surface area is 87.5 Å². The zero-order valence-corrected chi connectivity index (χ0v) is 8.54. The first-order chi connectivity index (χ1) is 7.02. The molecule has 0 saturated carbocycles. The average molecular weight is 206 g/mol. The minimum atomic E-state index is -0.582. The molecule has 0 aliphatic heterocycles. The van der Waals surface area contributed by atoms with Gasteiger partial charge in [0.05, 0.1) is 6.07 Å². The van der Waals surface area contributed by atoms with Crippen LogP contribution in [0.15, 0.2) is 18.2 Å². The quantitative estimate of drug-likeness (QED) is 0.801. The van der Waals surface area contributed by atoms with E-state index in [9.17, 15) is 9.18 Å². The number of hydrogen-bond acceptors (Lipinski definition) is 2. The molecule has 1 aromatic rings. The molecule has 0 heterocycles. The molecule has 0 fully saturated rings. The van der Waals surface area contributed by atoms with E-state index in [1.807, 2.05) is 6.07 Å². The third-order valence-electron chi connectivity index (χ3n) is 1.85. The molecule has 1 N–H and O–H groups in total. The van der Waals surface area contributed by atoms with E-state index >= 15 is 0 Å². The molecule has 0 aromatic heterocycles. The summed E-state index contributed by atoms with van der Waals surface area (Å²) < 4.78 is 13.0. The summed E-state index contributed by atoms with van der Waals surface area (Å²) >= 11 is 0. The van der Waals surface area contributed by atoms with Gasteiger partial charge in [-0.2, -0.15) is 5.26 Å². The fourth-order valence-electron chi connectivity index (χ4n) is 1.18. The number of nitriles is 1. The summed E-state index contributed by atoms with van der Waals surface area (Å²) in [5.41, 5.74) is 0.902. The van der Waals surface area contributed by atoms with Crippen molar-refractivity contribution in [2.45, 2.75) is 19.9 Å². The van der Waals surface area contributed by atoms with Gasteiger partial charge in [-0.1, -0.05) is 0 Å². The van der Waals surface area contributed by atoms with Gasteiger partial charge < -0.3 is 5.32 Å². The van der Waals surface area contributed by atoms with Crippen LogP contribution >= 0.6 is 0 Å². The number of hydrogen-bond donors (Lipinski definition) is 1. The van der Waals surface area contributed by atoms with Gasteiger partial charge in [-0.15, -0.1) is 0 Å². The highest BCUT2D eigenvalue weighted by atomic mass is 19.1. The second-order valence-corrected chi connectivity index (χ2v) is 3.34. The van der Waals surface area contributed by atoms with Gasteiger partial charge in [-0.3, -0.25) is 4.79 Å². The van der Waals surface area contributed by atoms with Crippen molar-refractivity contribution in [1.29, 1.82) is 5.26 Å². The standard InChI is InChI=1S/C11H11FN2O/c1-7-3-9(5-10(12)4-7)11(15)14-8(2)6-13/h3-5,8H,1-2H3,(H,14,15). The smallest absolute Gasteiger partial charge is 0.252 e. The number of halogens is 1. The Morgan fingerprint density at radius 1 is 1.53 bits per heavy atom. The fourth-order valence-corrected chi connectivity index (χ4v) is 1.18. The summed E-state index contributed by atoms with van der Waals surface area (Å²) in [4.78, 5) is 11.5. The molecule has 0 aliphatic rings. The van der Waals surface area contributed by atoms with Crippen LogP contribution in [0.3, 0.4) is 0 Å². The van der Waals surface area contributed by atoms with Crippen molar-refractivity contribution >= 4 is 5.91 Å². The predicted octanol–water partition coefficient (Wildman–Crippen LogP) is 1.78. The van der Waals surface area contributed by atoms with E-state index in [0.717, 1.165) is 6.07 Å². The molecule has 0 spiro atoms. The van der Waals surface area contributed by atoms with E-state index in [1.165, 1.54) is 6.07 Å². The topological polar surface area (TPSA) is 52.9 Å². The highest BCUT2D eigenvalue weighted by Gasteiger charge is 2.10. The summed E-state index contributed by atoms with van der Waals surface area (Å²) in [7, 11) is 0. The Hall–Kier alpha value is -1.89. The van der Waals surface area contributed by atoms with E-state index in [0.29, 0.717) is 5.56 Å². The van der Waals surface area contributed by atoms with Gasteiger partial charge in [0.15, 0.2) is 0 Å². The van der Waals surface area contributed by atoms with Crippen molar-refractivity contribution in [2.75, 3.05) is 0 Å². The number of rotatable bonds is 2. The van der Waals surface area contributed by atoms with Crippen LogP contribution in [0.25, 0.3) is 0 Å². The predicted molar refractivity (Wildman–Crippen MR) is 53.7 cm³/mol. The first-order valence-electron chi connectivity index (χ1n) is 4.50. The molecule has 3 nitrogen and oxygen atoms in total. The van der Waals surface area contributed by atoms with Crippen LogP contribution < -0.4 is 5.32 Å². The first-order valence-corrected chi connectivity index (χ1v) is 4.50. The van der Waals surface area contributed by atoms with E-state index in [2.05, 4.69) is 5.32 Å². The van der Waals surface area contributed by atoms with Gasteiger partial charge in [0, 0.05) is 5.56 Å².